The fourth-order valence-corrected chi connectivity index (χ4v) is 3.07. The van der Waals surface area contributed by atoms with E-state index in [2.05, 4.69) is 44.7 Å². The highest BCUT2D eigenvalue weighted by Crippen LogP contribution is 2.24. The summed E-state index contributed by atoms with van der Waals surface area (Å²) in [6.45, 7) is 5.08. The van der Waals surface area contributed by atoms with Crippen LogP contribution in [0.2, 0.25) is 0 Å². The Morgan fingerprint density at radius 3 is 2.78 bits per heavy atom. The van der Waals surface area contributed by atoms with Crippen LogP contribution < -0.4 is 5.32 Å². The lowest BCUT2D eigenvalue weighted by atomic mass is 9.97. The van der Waals surface area contributed by atoms with Gasteiger partial charge in [0.25, 0.3) is 0 Å². The first-order chi connectivity index (χ1) is 11.1. The molecule has 2 aromatic rings. The van der Waals surface area contributed by atoms with E-state index in [1.165, 1.54) is 10.4 Å². The van der Waals surface area contributed by atoms with Gasteiger partial charge < -0.3 is 5.32 Å². The molecule has 0 unspecified atom stereocenters. The van der Waals surface area contributed by atoms with E-state index in [-0.39, 0.29) is 11.8 Å². The van der Waals surface area contributed by atoms with Gasteiger partial charge in [0.15, 0.2) is 5.82 Å². The molecule has 2 heterocycles. The van der Waals surface area contributed by atoms with Crippen molar-refractivity contribution in [3.8, 4) is 0 Å². The van der Waals surface area contributed by atoms with Crippen molar-refractivity contribution in [1.82, 2.24) is 30.4 Å². The number of nitrogens with zero attached hydrogens (tertiary/aromatic N) is 5. The topological polar surface area (TPSA) is 75.9 Å². The van der Waals surface area contributed by atoms with Crippen molar-refractivity contribution >= 4 is 5.91 Å². The monoisotopic (exact) mass is 314 g/mol. The zero-order valence-electron chi connectivity index (χ0n) is 13.5. The Morgan fingerprint density at radius 1 is 1.30 bits per heavy atom. The summed E-state index contributed by atoms with van der Waals surface area (Å²) in [6.07, 6.45) is 0. The highest BCUT2D eigenvalue weighted by atomic mass is 16.2. The van der Waals surface area contributed by atoms with Crippen LogP contribution in [-0.2, 0) is 24.9 Å². The molecule has 1 amide bonds. The average Bonchev–Trinajstić information content (AvgIpc) is 3.12. The fourth-order valence-electron chi connectivity index (χ4n) is 3.07. The fraction of sp³-hybridized carbons (Fsp3) is 0.500. The van der Waals surface area contributed by atoms with Gasteiger partial charge >= 0.3 is 0 Å². The molecule has 2 atom stereocenters. The number of rotatable bonds is 5. The molecule has 1 aromatic heterocycles. The lowest BCUT2D eigenvalue weighted by Crippen LogP contribution is -2.34. The molecule has 0 saturated carbocycles. The summed E-state index contributed by atoms with van der Waals surface area (Å²) in [5.41, 5.74) is 1.28. The first kappa shape index (κ1) is 15.6. The Kier molecular flexibility index (Phi) is 4.66. The maximum Gasteiger partial charge on any atom is 0.225 e. The minimum Gasteiger partial charge on any atom is -0.348 e. The minimum absolute atomic E-state index is 0.00961. The number of carbonyl (C=O) groups excluding carboxylic acids is 1. The summed E-state index contributed by atoms with van der Waals surface area (Å²) < 4.78 is 0. The molecule has 1 fully saturated rings. The van der Waals surface area contributed by atoms with E-state index in [1.807, 2.05) is 18.2 Å². The summed E-state index contributed by atoms with van der Waals surface area (Å²) in [5, 5.41) is 14.6. The van der Waals surface area contributed by atoms with Crippen molar-refractivity contribution in [3.63, 3.8) is 0 Å². The van der Waals surface area contributed by atoms with Crippen molar-refractivity contribution in [2.45, 2.75) is 20.0 Å². The van der Waals surface area contributed by atoms with Crippen LogP contribution in [0.15, 0.2) is 30.3 Å². The number of aromatic nitrogens is 4. The number of aryl methyl sites for hydroxylation is 1. The first-order valence-electron chi connectivity index (χ1n) is 7.88. The van der Waals surface area contributed by atoms with E-state index in [1.54, 1.807) is 7.05 Å². The quantitative estimate of drug-likeness (QED) is 0.874. The zero-order chi connectivity index (χ0) is 16.2. The van der Waals surface area contributed by atoms with Gasteiger partial charge in [-0.1, -0.05) is 37.3 Å². The second kappa shape index (κ2) is 6.87. The predicted octanol–water partition coefficient (Wildman–Crippen LogP) is 0.594. The number of likely N-dealkylation sites (tertiary alicyclic amines) is 1. The number of tetrazole rings is 1. The molecule has 7 heteroatoms. The van der Waals surface area contributed by atoms with E-state index in [0.717, 1.165) is 19.6 Å². The third-order valence-electron chi connectivity index (χ3n) is 4.24. The molecule has 0 spiro atoms. The summed E-state index contributed by atoms with van der Waals surface area (Å²) in [7, 11) is 1.71. The maximum atomic E-state index is 12.4. The minimum atomic E-state index is 0.00961. The Hall–Kier alpha value is -2.28. The van der Waals surface area contributed by atoms with Gasteiger partial charge in [0, 0.05) is 19.6 Å². The molecule has 0 bridgehead atoms. The maximum absolute atomic E-state index is 12.4. The van der Waals surface area contributed by atoms with E-state index in [4.69, 9.17) is 0 Å². The lowest BCUT2D eigenvalue weighted by Gasteiger charge is -2.15. The van der Waals surface area contributed by atoms with Gasteiger partial charge in [-0.05, 0) is 16.7 Å². The van der Waals surface area contributed by atoms with Crippen molar-refractivity contribution < 1.29 is 4.79 Å². The van der Waals surface area contributed by atoms with E-state index >= 15 is 0 Å². The van der Waals surface area contributed by atoms with Gasteiger partial charge in [-0.3, -0.25) is 9.69 Å². The molecule has 1 N–H and O–H groups in total. The van der Waals surface area contributed by atoms with Gasteiger partial charge in [-0.15, -0.1) is 10.2 Å². The Bertz CT molecular complexity index is 656. The number of hydrogen-bond acceptors (Lipinski definition) is 5. The molecule has 1 saturated heterocycles. The molecule has 3 rings (SSSR count). The third kappa shape index (κ3) is 3.92. The van der Waals surface area contributed by atoms with Gasteiger partial charge in [0.1, 0.15) is 0 Å². The average molecular weight is 314 g/mol. The SMILES string of the molecule is C[C@@H]1CN(Cc2ccccc2)C[C@H]1C(=O)NCc1nnn(C)n1. The smallest absolute Gasteiger partial charge is 0.225 e. The molecular formula is C16H22N6O. The number of carbonyl (C=O) groups is 1. The van der Waals surface area contributed by atoms with Crippen LogP contribution in [0.1, 0.15) is 18.3 Å². The van der Waals surface area contributed by atoms with E-state index in [9.17, 15) is 4.79 Å². The Morgan fingerprint density at radius 2 is 2.09 bits per heavy atom. The van der Waals surface area contributed by atoms with E-state index < -0.39 is 0 Å². The molecule has 0 aliphatic carbocycles. The van der Waals surface area contributed by atoms with Crippen molar-refractivity contribution in [2.75, 3.05) is 13.1 Å². The molecule has 7 nitrogen and oxygen atoms in total. The van der Waals surface area contributed by atoms with Crippen molar-refractivity contribution in [2.24, 2.45) is 18.9 Å². The number of benzene rings is 1. The third-order valence-corrected chi connectivity index (χ3v) is 4.24. The van der Waals surface area contributed by atoms with Crippen LogP contribution in [0.25, 0.3) is 0 Å². The van der Waals surface area contributed by atoms with Crippen molar-refractivity contribution in [1.29, 1.82) is 0 Å². The molecule has 0 radical (unpaired) electrons. The molecule has 1 aromatic carbocycles. The summed E-state index contributed by atoms with van der Waals surface area (Å²) in [6, 6.07) is 10.4. The standard InChI is InChI=1S/C16H22N6O/c1-12-9-22(10-13-6-4-3-5-7-13)11-14(12)16(23)17-8-15-18-20-21(2)19-15/h3-7,12,14H,8-11H2,1-2H3,(H,17,23)/t12-,14-/m1/s1. The largest absolute Gasteiger partial charge is 0.348 e. The second-order valence-corrected chi connectivity index (χ2v) is 6.18. The number of nitrogens with one attached hydrogen (secondary N) is 1. The van der Waals surface area contributed by atoms with Gasteiger partial charge in [-0.2, -0.15) is 4.80 Å². The van der Waals surface area contributed by atoms with E-state index in [0.29, 0.717) is 18.3 Å². The summed E-state index contributed by atoms with van der Waals surface area (Å²) >= 11 is 0. The molecule has 122 valence electrons. The van der Waals surface area contributed by atoms with Gasteiger partial charge in [-0.25, -0.2) is 0 Å². The van der Waals surface area contributed by atoms with Gasteiger partial charge in [0.05, 0.1) is 19.5 Å². The molecular weight excluding hydrogens is 292 g/mol. The summed E-state index contributed by atoms with van der Waals surface area (Å²) in [5.74, 6) is 0.956. The predicted molar refractivity (Wildman–Crippen MR) is 85.0 cm³/mol. The van der Waals surface area contributed by atoms with Crippen LogP contribution in [0, 0.1) is 11.8 Å². The van der Waals surface area contributed by atoms with Crippen LogP contribution in [0.3, 0.4) is 0 Å². The van der Waals surface area contributed by atoms with Gasteiger partial charge in [0.2, 0.25) is 5.91 Å². The van der Waals surface area contributed by atoms with Crippen LogP contribution in [-0.4, -0.2) is 44.1 Å². The number of amides is 1. The Labute approximate surface area is 135 Å². The summed E-state index contributed by atoms with van der Waals surface area (Å²) in [4.78, 5) is 16.1. The van der Waals surface area contributed by atoms with Crippen LogP contribution in [0.4, 0.5) is 0 Å². The van der Waals surface area contributed by atoms with Crippen LogP contribution >= 0.6 is 0 Å². The lowest BCUT2D eigenvalue weighted by molar-refractivity contribution is -0.125. The van der Waals surface area contributed by atoms with Crippen molar-refractivity contribution in [3.05, 3.63) is 41.7 Å². The Balaban J connectivity index is 1.52. The second-order valence-electron chi connectivity index (χ2n) is 6.18. The zero-order valence-corrected chi connectivity index (χ0v) is 13.5. The highest BCUT2D eigenvalue weighted by Gasteiger charge is 2.34. The molecule has 1 aliphatic heterocycles. The number of hydrogen-bond donors (Lipinski definition) is 1. The molecule has 23 heavy (non-hydrogen) atoms. The first-order valence-corrected chi connectivity index (χ1v) is 7.88. The van der Waals surface area contributed by atoms with Crippen LogP contribution in [0.5, 0.6) is 0 Å². The normalized spacial score (nSPS) is 21.5. The molecule has 1 aliphatic rings. The highest BCUT2D eigenvalue weighted by molar-refractivity contribution is 5.79.